The van der Waals surface area contributed by atoms with E-state index < -0.39 is 17.8 Å². The van der Waals surface area contributed by atoms with E-state index in [4.69, 9.17) is 4.74 Å². The van der Waals surface area contributed by atoms with Crippen LogP contribution in [0.2, 0.25) is 0 Å². The molecule has 2 aliphatic rings. The number of ether oxygens (including phenoxy) is 1. The van der Waals surface area contributed by atoms with E-state index in [9.17, 15) is 18.0 Å². The molecule has 1 aromatic carbocycles. The highest BCUT2D eigenvalue weighted by Gasteiger charge is 2.44. The van der Waals surface area contributed by atoms with Crippen molar-refractivity contribution < 1.29 is 22.7 Å². The van der Waals surface area contributed by atoms with Gasteiger partial charge in [0, 0.05) is 33.2 Å². The van der Waals surface area contributed by atoms with Gasteiger partial charge in [-0.1, -0.05) is 18.2 Å². The molecule has 0 saturated carbocycles. The maximum Gasteiger partial charge on any atom is 0.416 e. The summed E-state index contributed by atoms with van der Waals surface area (Å²) in [4.78, 5) is 15.8. The Kier molecular flexibility index (Phi) is 5.30. The monoisotopic (exact) mass is 370 g/mol. The number of nitrogens with zero attached hydrogens (tertiary/aromatic N) is 2. The summed E-state index contributed by atoms with van der Waals surface area (Å²) in [6.45, 7) is 4.49. The summed E-state index contributed by atoms with van der Waals surface area (Å²) in [7, 11) is 1.80. The molecule has 2 heterocycles. The molecule has 0 aliphatic carbocycles. The fourth-order valence-corrected chi connectivity index (χ4v) is 4.04. The first-order valence-corrected chi connectivity index (χ1v) is 9.00. The van der Waals surface area contributed by atoms with Crippen molar-refractivity contribution in [1.29, 1.82) is 0 Å². The highest BCUT2D eigenvalue weighted by Crippen LogP contribution is 2.34. The van der Waals surface area contributed by atoms with Crippen molar-refractivity contribution in [3.8, 4) is 0 Å². The number of amides is 1. The number of carbonyl (C=O) groups is 1. The molecule has 0 bridgehead atoms. The summed E-state index contributed by atoms with van der Waals surface area (Å²) in [6.07, 6.45) is -2.80. The molecule has 2 fully saturated rings. The maximum atomic E-state index is 13.1. The lowest BCUT2D eigenvalue weighted by Gasteiger charge is -2.48. The summed E-state index contributed by atoms with van der Waals surface area (Å²) >= 11 is 0. The van der Waals surface area contributed by atoms with Crippen LogP contribution in [0.1, 0.15) is 30.9 Å². The zero-order valence-electron chi connectivity index (χ0n) is 15.2. The van der Waals surface area contributed by atoms with Gasteiger partial charge in [0.05, 0.1) is 11.2 Å². The van der Waals surface area contributed by atoms with Crippen LogP contribution in [0.5, 0.6) is 0 Å². The summed E-state index contributed by atoms with van der Waals surface area (Å²) in [5.41, 5.74) is -0.520. The van der Waals surface area contributed by atoms with Crippen LogP contribution in [0.4, 0.5) is 13.2 Å². The van der Waals surface area contributed by atoms with Crippen LogP contribution in [0, 0.1) is 0 Å². The van der Waals surface area contributed by atoms with Gasteiger partial charge in [-0.05, 0) is 37.8 Å². The minimum absolute atomic E-state index is 0.00168. The quantitative estimate of drug-likeness (QED) is 0.820. The molecule has 3 rings (SSSR count). The van der Waals surface area contributed by atoms with E-state index in [0.29, 0.717) is 25.1 Å². The van der Waals surface area contributed by atoms with Crippen LogP contribution in [0.25, 0.3) is 0 Å². The van der Waals surface area contributed by atoms with Gasteiger partial charge in [-0.3, -0.25) is 4.79 Å². The van der Waals surface area contributed by atoms with Crippen molar-refractivity contribution >= 4 is 5.91 Å². The molecule has 26 heavy (non-hydrogen) atoms. The number of piperidine rings is 1. The summed E-state index contributed by atoms with van der Waals surface area (Å²) in [5, 5.41) is 0. The number of alkyl halides is 3. The Hall–Kier alpha value is -1.60. The van der Waals surface area contributed by atoms with Gasteiger partial charge in [0.1, 0.15) is 6.10 Å². The van der Waals surface area contributed by atoms with Crippen molar-refractivity contribution in [1.82, 2.24) is 9.80 Å². The molecule has 1 aromatic rings. The second-order valence-electron chi connectivity index (χ2n) is 7.38. The third-order valence-corrected chi connectivity index (χ3v) is 5.46. The second-order valence-corrected chi connectivity index (χ2v) is 7.38. The van der Waals surface area contributed by atoms with E-state index in [1.165, 1.54) is 6.07 Å². The Labute approximate surface area is 151 Å². The minimum atomic E-state index is -4.31. The summed E-state index contributed by atoms with van der Waals surface area (Å²) in [6, 6.07) is 5.78. The molecule has 4 nitrogen and oxygen atoms in total. The molecule has 1 amide bonds. The number of hydrogen-bond donors (Lipinski definition) is 0. The molecule has 2 aliphatic heterocycles. The minimum Gasteiger partial charge on any atom is -0.360 e. The van der Waals surface area contributed by atoms with Gasteiger partial charge in [-0.2, -0.15) is 13.2 Å². The Morgan fingerprint density at radius 2 is 1.88 bits per heavy atom. The Morgan fingerprint density at radius 3 is 2.50 bits per heavy atom. The Morgan fingerprint density at radius 1 is 1.23 bits per heavy atom. The van der Waals surface area contributed by atoms with E-state index in [2.05, 4.69) is 4.90 Å². The number of halogens is 3. The van der Waals surface area contributed by atoms with Crippen molar-refractivity contribution in [2.75, 3.05) is 33.2 Å². The molecule has 1 spiro atoms. The molecule has 0 aromatic heterocycles. The molecule has 7 heteroatoms. The lowest BCUT2D eigenvalue weighted by Crippen LogP contribution is -2.60. The van der Waals surface area contributed by atoms with Crippen LogP contribution >= 0.6 is 0 Å². The standard InChI is InChI=1S/C19H25F3N2O2/c1-14-17(25)23(2)13-18(26-14)8-11-24(12-9-18)10-7-15-5-3-4-6-16(15)19(20,21)22/h3-6,14H,7-13H2,1-2H3/t14-/m1/s1. The first kappa shape index (κ1) is 19.2. The van der Waals surface area contributed by atoms with E-state index in [1.54, 1.807) is 31.0 Å². The number of hydrogen-bond acceptors (Lipinski definition) is 3. The first-order valence-electron chi connectivity index (χ1n) is 9.00. The van der Waals surface area contributed by atoms with Crippen LogP contribution in [0.3, 0.4) is 0 Å². The first-order chi connectivity index (χ1) is 12.2. The van der Waals surface area contributed by atoms with Gasteiger partial charge < -0.3 is 14.5 Å². The van der Waals surface area contributed by atoms with Crippen LogP contribution in [-0.2, 0) is 22.1 Å². The molecular weight excluding hydrogens is 345 g/mol. The van der Waals surface area contributed by atoms with Crippen molar-refractivity contribution in [2.24, 2.45) is 0 Å². The number of likely N-dealkylation sites (tertiary alicyclic amines) is 1. The zero-order valence-corrected chi connectivity index (χ0v) is 15.2. The molecule has 0 radical (unpaired) electrons. The van der Waals surface area contributed by atoms with Crippen LogP contribution in [0.15, 0.2) is 24.3 Å². The van der Waals surface area contributed by atoms with Gasteiger partial charge >= 0.3 is 6.18 Å². The van der Waals surface area contributed by atoms with Gasteiger partial charge in [0.25, 0.3) is 5.91 Å². The maximum absolute atomic E-state index is 13.1. The van der Waals surface area contributed by atoms with E-state index in [0.717, 1.165) is 32.0 Å². The molecular formula is C19H25F3N2O2. The van der Waals surface area contributed by atoms with Gasteiger partial charge in [-0.15, -0.1) is 0 Å². The highest BCUT2D eigenvalue weighted by molar-refractivity contribution is 5.81. The molecule has 0 N–H and O–H groups in total. The summed E-state index contributed by atoms with van der Waals surface area (Å²) in [5.74, 6) is 0.00168. The topological polar surface area (TPSA) is 32.8 Å². The fraction of sp³-hybridized carbons (Fsp3) is 0.632. The third kappa shape index (κ3) is 4.04. The van der Waals surface area contributed by atoms with Gasteiger partial charge in [0.2, 0.25) is 0 Å². The van der Waals surface area contributed by atoms with Crippen LogP contribution in [-0.4, -0.2) is 60.6 Å². The number of benzene rings is 1. The van der Waals surface area contributed by atoms with Crippen molar-refractivity contribution in [3.05, 3.63) is 35.4 Å². The second kappa shape index (κ2) is 7.19. The van der Waals surface area contributed by atoms with Gasteiger partial charge in [-0.25, -0.2) is 0 Å². The number of morpholine rings is 1. The third-order valence-electron chi connectivity index (χ3n) is 5.46. The lowest BCUT2D eigenvalue weighted by molar-refractivity contribution is -0.186. The summed E-state index contributed by atoms with van der Waals surface area (Å²) < 4.78 is 45.3. The van der Waals surface area contributed by atoms with Crippen molar-refractivity contribution in [2.45, 2.75) is 44.1 Å². The SMILES string of the molecule is C[C@H]1OC2(CCN(CCc3ccccc3C(F)(F)F)CC2)CN(C)C1=O. The molecule has 0 unspecified atom stereocenters. The lowest BCUT2D eigenvalue weighted by atomic mass is 9.88. The normalized spacial score (nSPS) is 24.3. The van der Waals surface area contributed by atoms with E-state index in [1.807, 2.05) is 0 Å². The largest absolute Gasteiger partial charge is 0.416 e. The van der Waals surface area contributed by atoms with E-state index in [-0.39, 0.29) is 11.5 Å². The van der Waals surface area contributed by atoms with Crippen molar-refractivity contribution in [3.63, 3.8) is 0 Å². The predicted octanol–water partition coefficient (Wildman–Crippen LogP) is 2.96. The molecule has 2 saturated heterocycles. The highest BCUT2D eigenvalue weighted by atomic mass is 19.4. The average Bonchev–Trinajstić information content (AvgIpc) is 2.59. The Bertz CT molecular complexity index is 638. The Balaban J connectivity index is 1.57. The zero-order chi connectivity index (χ0) is 18.9. The van der Waals surface area contributed by atoms with Crippen LogP contribution < -0.4 is 0 Å². The molecule has 1 atom stereocenters. The number of likely N-dealkylation sites (N-methyl/N-ethyl adjacent to an activating group) is 1. The number of rotatable bonds is 3. The molecule has 144 valence electrons. The van der Waals surface area contributed by atoms with Gasteiger partial charge in [0.15, 0.2) is 0 Å². The average molecular weight is 370 g/mol. The smallest absolute Gasteiger partial charge is 0.360 e. The predicted molar refractivity (Wildman–Crippen MR) is 91.7 cm³/mol. The van der Waals surface area contributed by atoms with E-state index >= 15 is 0 Å². The fourth-order valence-electron chi connectivity index (χ4n) is 4.04. The number of carbonyl (C=O) groups excluding carboxylic acids is 1.